The van der Waals surface area contributed by atoms with Crippen molar-refractivity contribution in [2.75, 3.05) is 26.7 Å². The first-order valence-corrected chi connectivity index (χ1v) is 12.1. The normalized spacial score (nSPS) is 20.9. The molecular formula is C28H33N3O4. The number of urea groups is 1. The number of phenolic OH excluding ortho intramolecular Hbond substituents is 1. The van der Waals surface area contributed by atoms with Crippen molar-refractivity contribution in [1.29, 1.82) is 0 Å². The van der Waals surface area contributed by atoms with Crippen LogP contribution in [-0.4, -0.2) is 59.1 Å². The van der Waals surface area contributed by atoms with E-state index >= 15 is 0 Å². The molecule has 0 bridgehead atoms. The molecule has 0 radical (unpaired) electrons. The van der Waals surface area contributed by atoms with E-state index in [9.17, 15) is 14.7 Å². The average Bonchev–Trinajstić information content (AvgIpc) is 3.13. The van der Waals surface area contributed by atoms with Crippen LogP contribution in [0.3, 0.4) is 0 Å². The van der Waals surface area contributed by atoms with Crippen molar-refractivity contribution in [3.63, 3.8) is 0 Å². The fourth-order valence-electron chi connectivity index (χ4n) is 5.21. The maximum Gasteiger partial charge on any atom is 0.325 e. The maximum atomic E-state index is 13.7. The van der Waals surface area contributed by atoms with Gasteiger partial charge in [-0.3, -0.25) is 14.6 Å². The molecule has 1 atom stereocenters. The number of aryl methyl sites for hydroxylation is 1. The zero-order chi connectivity index (χ0) is 24.8. The molecule has 184 valence electrons. The SMILES string of the molecule is CC#CCN1C(=O)N[C@@](CCc2ccccc2)(C2CCN(Cc3ccc(OC)cc3O)CC2)C1=O. The van der Waals surface area contributed by atoms with Crippen LogP contribution in [0.2, 0.25) is 0 Å². The van der Waals surface area contributed by atoms with Crippen molar-refractivity contribution < 1.29 is 19.4 Å². The Morgan fingerprint density at radius 1 is 1.14 bits per heavy atom. The lowest BCUT2D eigenvalue weighted by molar-refractivity contribution is -0.134. The van der Waals surface area contributed by atoms with Crippen LogP contribution < -0.4 is 10.1 Å². The lowest BCUT2D eigenvalue weighted by atomic mass is 9.74. The van der Waals surface area contributed by atoms with E-state index in [1.165, 1.54) is 4.90 Å². The summed E-state index contributed by atoms with van der Waals surface area (Å²) in [5, 5.41) is 13.4. The number of imide groups is 1. The van der Waals surface area contributed by atoms with Gasteiger partial charge in [0.05, 0.1) is 13.7 Å². The van der Waals surface area contributed by atoms with E-state index in [0.29, 0.717) is 25.1 Å². The summed E-state index contributed by atoms with van der Waals surface area (Å²) in [6.07, 6.45) is 2.83. The number of likely N-dealkylation sites (tertiary alicyclic amines) is 1. The Balaban J connectivity index is 1.48. The van der Waals surface area contributed by atoms with Gasteiger partial charge >= 0.3 is 6.03 Å². The summed E-state index contributed by atoms with van der Waals surface area (Å²) in [4.78, 5) is 30.0. The van der Waals surface area contributed by atoms with Crippen molar-refractivity contribution in [3.05, 3.63) is 59.7 Å². The topological polar surface area (TPSA) is 82.1 Å². The number of nitrogens with zero attached hydrogens (tertiary/aromatic N) is 2. The molecule has 4 rings (SSSR count). The molecule has 2 fully saturated rings. The van der Waals surface area contributed by atoms with Gasteiger partial charge in [0.25, 0.3) is 5.91 Å². The number of carbonyl (C=O) groups excluding carboxylic acids is 2. The summed E-state index contributed by atoms with van der Waals surface area (Å²) in [6, 6.07) is 15.1. The Morgan fingerprint density at radius 3 is 2.54 bits per heavy atom. The van der Waals surface area contributed by atoms with Crippen molar-refractivity contribution in [3.8, 4) is 23.3 Å². The van der Waals surface area contributed by atoms with Gasteiger partial charge in [0.1, 0.15) is 17.0 Å². The second kappa shape index (κ2) is 10.8. The Kier molecular flexibility index (Phi) is 7.62. The number of carbonyl (C=O) groups is 2. The Morgan fingerprint density at radius 2 is 1.89 bits per heavy atom. The summed E-state index contributed by atoms with van der Waals surface area (Å²) >= 11 is 0. The second-order valence-corrected chi connectivity index (χ2v) is 9.25. The largest absolute Gasteiger partial charge is 0.507 e. The fraction of sp³-hybridized carbons (Fsp3) is 0.429. The number of methoxy groups -OCH3 is 1. The van der Waals surface area contributed by atoms with Gasteiger partial charge in [0.2, 0.25) is 0 Å². The van der Waals surface area contributed by atoms with E-state index in [1.54, 1.807) is 20.1 Å². The van der Waals surface area contributed by atoms with E-state index in [0.717, 1.165) is 37.1 Å². The van der Waals surface area contributed by atoms with Gasteiger partial charge in [0.15, 0.2) is 0 Å². The molecule has 0 aromatic heterocycles. The van der Waals surface area contributed by atoms with Crippen LogP contribution in [0.25, 0.3) is 0 Å². The summed E-state index contributed by atoms with van der Waals surface area (Å²) in [5.74, 6) is 6.36. The molecule has 7 nitrogen and oxygen atoms in total. The molecule has 0 saturated carbocycles. The minimum absolute atomic E-state index is 0.0305. The van der Waals surface area contributed by atoms with Crippen LogP contribution in [0.5, 0.6) is 11.5 Å². The highest BCUT2D eigenvalue weighted by Crippen LogP contribution is 2.38. The third-order valence-electron chi connectivity index (χ3n) is 7.24. The molecular weight excluding hydrogens is 442 g/mol. The molecule has 0 spiro atoms. The van der Waals surface area contributed by atoms with Crippen molar-refractivity contribution in [1.82, 2.24) is 15.1 Å². The van der Waals surface area contributed by atoms with Crippen molar-refractivity contribution in [2.24, 2.45) is 5.92 Å². The quantitative estimate of drug-likeness (QED) is 0.451. The van der Waals surface area contributed by atoms with Gasteiger partial charge < -0.3 is 15.2 Å². The number of piperidine rings is 1. The first kappa shape index (κ1) is 24.6. The standard InChI is InChI=1S/C28H33N3O4/c1-3-4-16-31-26(33)28(29-27(31)34,15-12-21-8-6-5-7-9-21)23-13-17-30(18-14-23)20-22-10-11-24(35-2)19-25(22)32/h5-11,19,23,32H,12-18,20H2,1-2H3,(H,29,34)/t28-/m0/s1. The van der Waals surface area contributed by atoms with E-state index in [-0.39, 0.29) is 30.2 Å². The van der Waals surface area contributed by atoms with Gasteiger partial charge in [-0.05, 0) is 63.2 Å². The zero-order valence-corrected chi connectivity index (χ0v) is 20.4. The number of aromatic hydroxyl groups is 1. The average molecular weight is 476 g/mol. The number of nitrogens with one attached hydrogen (secondary N) is 1. The van der Waals surface area contributed by atoms with E-state index in [1.807, 2.05) is 30.3 Å². The van der Waals surface area contributed by atoms with Crippen LogP contribution >= 0.6 is 0 Å². The predicted molar refractivity (Wildman–Crippen MR) is 134 cm³/mol. The zero-order valence-electron chi connectivity index (χ0n) is 20.4. The summed E-state index contributed by atoms with van der Waals surface area (Å²) in [7, 11) is 1.58. The number of phenols is 1. The molecule has 2 heterocycles. The second-order valence-electron chi connectivity index (χ2n) is 9.25. The van der Waals surface area contributed by atoms with E-state index in [4.69, 9.17) is 4.74 Å². The number of amides is 3. The molecule has 2 N–H and O–H groups in total. The number of ether oxygens (including phenoxy) is 1. The molecule has 0 unspecified atom stereocenters. The lowest BCUT2D eigenvalue weighted by Gasteiger charge is -2.41. The summed E-state index contributed by atoms with van der Waals surface area (Å²) < 4.78 is 5.18. The Labute approximate surface area is 207 Å². The first-order valence-electron chi connectivity index (χ1n) is 12.1. The molecule has 35 heavy (non-hydrogen) atoms. The van der Waals surface area contributed by atoms with Crippen LogP contribution in [0.15, 0.2) is 48.5 Å². The molecule has 2 aromatic carbocycles. The van der Waals surface area contributed by atoms with Gasteiger partial charge in [-0.15, -0.1) is 5.92 Å². The van der Waals surface area contributed by atoms with Gasteiger partial charge in [-0.25, -0.2) is 4.79 Å². The molecule has 7 heteroatoms. The van der Waals surface area contributed by atoms with Crippen LogP contribution in [0, 0.1) is 17.8 Å². The highest BCUT2D eigenvalue weighted by molar-refractivity contribution is 6.07. The van der Waals surface area contributed by atoms with Crippen molar-refractivity contribution in [2.45, 2.75) is 44.7 Å². The van der Waals surface area contributed by atoms with Crippen LogP contribution in [-0.2, 0) is 17.8 Å². The number of benzene rings is 2. The fourth-order valence-corrected chi connectivity index (χ4v) is 5.21. The monoisotopic (exact) mass is 475 g/mol. The van der Waals surface area contributed by atoms with Gasteiger partial charge in [-0.2, -0.15) is 0 Å². The molecule has 2 aromatic rings. The first-order chi connectivity index (χ1) is 17.0. The van der Waals surface area contributed by atoms with E-state index < -0.39 is 5.54 Å². The Hall–Kier alpha value is -3.50. The molecule has 2 saturated heterocycles. The summed E-state index contributed by atoms with van der Waals surface area (Å²) in [5.41, 5.74) is 1.07. The lowest BCUT2D eigenvalue weighted by Crippen LogP contribution is -2.56. The molecule has 2 aliphatic rings. The molecule has 3 amide bonds. The minimum atomic E-state index is -0.920. The van der Waals surface area contributed by atoms with Gasteiger partial charge in [0, 0.05) is 18.2 Å². The number of hydrogen-bond donors (Lipinski definition) is 2. The molecule has 0 aliphatic carbocycles. The van der Waals surface area contributed by atoms with Crippen molar-refractivity contribution >= 4 is 11.9 Å². The Bertz CT molecular complexity index is 1120. The number of hydrogen-bond acceptors (Lipinski definition) is 5. The third-order valence-corrected chi connectivity index (χ3v) is 7.24. The molecule has 2 aliphatic heterocycles. The van der Waals surface area contributed by atoms with E-state index in [2.05, 4.69) is 34.2 Å². The highest BCUT2D eigenvalue weighted by atomic mass is 16.5. The predicted octanol–water partition coefficient (Wildman–Crippen LogP) is 3.56. The van der Waals surface area contributed by atoms with Crippen LogP contribution in [0.1, 0.15) is 37.3 Å². The highest BCUT2D eigenvalue weighted by Gasteiger charge is 2.55. The van der Waals surface area contributed by atoms with Crippen LogP contribution in [0.4, 0.5) is 4.79 Å². The number of rotatable bonds is 8. The third kappa shape index (κ3) is 5.28. The maximum absolute atomic E-state index is 13.7. The minimum Gasteiger partial charge on any atom is -0.507 e. The smallest absolute Gasteiger partial charge is 0.325 e. The van der Waals surface area contributed by atoms with Gasteiger partial charge in [-0.1, -0.05) is 42.3 Å². The summed E-state index contributed by atoms with van der Waals surface area (Å²) in [6.45, 7) is 4.00.